The third kappa shape index (κ3) is 6.73. The molecule has 3 aromatic carbocycles. The van der Waals surface area contributed by atoms with E-state index in [0.717, 1.165) is 28.8 Å². The Bertz CT molecular complexity index is 1520. The molecule has 0 saturated carbocycles. The number of fused-ring (bicyclic) bond motifs is 1. The molecule has 0 aliphatic carbocycles. The first-order chi connectivity index (χ1) is 19.8. The van der Waals surface area contributed by atoms with Crippen molar-refractivity contribution in [2.75, 3.05) is 6.61 Å². The number of amides is 2. The Morgan fingerprint density at radius 3 is 2.49 bits per heavy atom. The number of ether oxygens (including phenoxy) is 1. The highest BCUT2D eigenvalue weighted by atomic mass is 35.5. The molecule has 0 bridgehead atoms. The van der Waals surface area contributed by atoms with Crippen LogP contribution in [0.4, 0.5) is 0 Å². The lowest BCUT2D eigenvalue weighted by atomic mass is 9.96. The predicted octanol–water partition coefficient (Wildman–Crippen LogP) is 5.24. The Balaban J connectivity index is 1.29. The molecule has 8 nitrogen and oxygen atoms in total. The van der Waals surface area contributed by atoms with Gasteiger partial charge in [0.25, 0.3) is 5.91 Å². The first-order valence-electron chi connectivity index (χ1n) is 13.4. The summed E-state index contributed by atoms with van der Waals surface area (Å²) < 4.78 is 8.12. The van der Waals surface area contributed by atoms with Crippen LogP contribution in [0.5, 0.6) is 5.75 Å². The molecule has 0 spiro atoms. The van der Waals surface area contributed by atoms with Crippen LogP contribution in [0.1, 0.15) is 58.2 Å². The van der Waals surface area contributed by atoms with Gasteiger partial charge in [-0.15, -0.1) is 0 Å². The quantitative estimate of drug-likeness (QED) is 0.233. The van der Waals surface area contributed by atoms with Crippen LogP contribution < -0.4 is 21.1 Å². The van der Waals surface area contributed by atoms with Crippen molar-refractivity contribution in [2.45, 2.75) is 44.4 Å². The van der Waals surface area contributed by atoms with E-state index < -0.39 is 17.9 Å². The van der Waals surface area contributed by atoms with E-state index in [9.17, 15) is 9.59 Å². The topological polar surface area (TPSA) is 111 Å². The van der Waals surface area contributed by atoms with Gasteiger partial charge in [0.2, 0.25) is 5.91 Å². The van der Waals surface area contributed by atoms with Crippen LogP contribution in [0.3, 0.4) is 0 Å². The van der Waals surface area contributed by atoms with E-state index in [0.29, 0.717) is 34.5 Å². The Morgan fingerprint density at radius 1 is 1.07 bits per heavy atom. The van der Waals surface area contributed by atoms with Crippen LogP contribution in [0.2, 0.25) is 10.0 Å². The Morgan fingerprint density at radius 2 is 1.78 bits per heavy atom. The fourth-order valence-corrected chi connectivity index (χ4v) is 5.33. The molecular weight excluding hydrogens is 561 g/mol. The smallest absolute Gasteiger partial charge is 0.255 e. The average Bonchev–Trinajstić information content (AvgIpc) is 3.45. The summed E-state index contributed by atoms with van der Waals surface area (Å²) in [6, 6.07) is 19.5. The summed E-state index contributed by atoms with van der Waals surface area (Å²) in [7, 11) is 0. The van der Waals surface area contributed by atoms with Gasteiger partial charge in [-0.25, -0.2) is 4.98 Å². The van der Waals surface area contributed by atoms with Crippen LogP contribution >= 0.6 is 23.2 Å². The number of benzene rings is 3. The maximum atomic E-state index is 13.3. The van der Waals surface area contributed by atoms with Crippen molar-refractivity contribution in [1.82, 2.24) is 20.2 Å². The number of imidazole rings is 1. The molecule has 1 aromatic heterocycles. The largest absolute Gasteiger partial charge is 0.492 e. The van der Waals surface area contributed by atoms with Crippen molar-refractivity contribution < 1.29 is 14.3 Å². The SMILES string of the molecule is CC(c1ccc(Cl)cc1)n1cncc1CNC1CCOc2c(C(=O)N[C@@H](Cc3ccc(Cl)cc3)C(N)=O)cccc21. The van der Waals surface area contributed by atoms with Crippen LogP contribution in [-0.2, 0) is 17.8 Å². The molecule has 3 atom stereocenters. The Kier molecular flexibility index (Phi) is 8.93. The summed E-state index contributed by atoms with van der Waals surface area (Å²) in [6.07, 6.45) is 4.67. The molecule has 1 aliphatic heterocycles. The number of carbonyl (C=O) groups is 2. The fourth-order valence-electron chi connectivity index (χ4n) is 5.08. The lowest BCUT2D eigenvalue weighted by molar-refractivity contribution is -0.119. The van der Waals surface area contributed by atoms with Crippen LogP contribution in [-0.4, -0.2) is 34.0 Å². The third-order valence-electron chi connectivity index (χ3n) is 7.37. The zero-order valence-corrected chi connectivity index (χ0v) is 24.0. The number of nitrogens with zero attached hydrogens (tertiary/aromatic N) is 2. The van der Waals surface area contributed by atoms with Gasteiger partial charge >= 0.3 is 0 Å². The molecule has 2 amide bonds. The molecule has 2 heterocycles. The minimum atomic E-state index is -0.889. The first kappa shape index (κ1) is 28.7. The van der Waals surface area contributed by atoms with Crippen molar-refractivity contribution >= 4 is 35.0 Å². The first-order valence-corrected chi connectivity index (χ1v) is 14.2. The number of para-hydroxylation sites is 1. The van der Waals surface area contributed by atoms with Crippen molar-refractivity contribution in [2.24, 2.45) is 5.73 Å². The van der Waals surface area contributed by atoms with Gasteiger partial charge in [-0.3, -0.25) is 9.59 Å². The zero-order valence-electron chi connectivity index (χ0n) is 22.5. The van der Waals surface area contributed by atoms with E-state index >= 15 is 0 Å². The highest BCUT2D eigenvalue weighted by Crippen LogP contribution is 2.35. The molecule has 5 rings (SSSR count). The molecule has 4 aromatic rings. The molecule has 212 valence electrons. The molecule has 0 fully saturated rings. The number of hydrogen-bond acceptors (Lipinski definition) is 5. The van der Waals surface area contributed by atoms with Crippen LogP contribution in [0.15, 0.2) is 79.3 Å². The van der Waals surface area contributed by atoms with Crippen molar-refractivity contribution in [3.05, 3.63) is 117 Å². The van der Waals surface area contributed by atoms with Gasteiger partial charge in [0, 0.05) is 47.2 Å². The summed E-state index contributed by atoms with van der Waals surface area (Å²) in [6.45, 7) is 3.14. The number of halogens is 2. The number of primary amides is 1. The lowest BCUT2D eigenvalue weighted by Gasteiger charge is -2.29. The molecule has 0 saturated heterocycles. The molecule has 2 unspecified atom stereocenters. The number of carbonyl (C=O) groups excluding carboxylic acids is 2. The minimum absolute atomic E-state index is 0.0401. The minimum Gasteiger partial charge on any atom is -0.492 e. The van der Waals surface area contributed by atoms with Gasteiger partial charge < -0.3 is 25.7 Å². The fraction of sp³-hybridized carbons (Fsp3) is 0.258. The van der Waals surface area contributed by atoms with E-state index in [1.165, 1.54) is 0 Å². The molecule has 10 heteroatoms. The standard InChI is InChI=1S/C31H31Cl2N5O3/c1-19(21-7-11-23(33)12-8-21)38-18-35-16-24(38)17-36-27-13-14-41-29-25(27)3-2-4-26(29)31(40)37-28(30(34)39)15-20-5-9-22(32)10-6-20/h2-12,16,18-19,27-28,36H,13-15,17H2,1H3,(H2,34,39)(H,37,40)/t19?,27?,28-/m0/s1. The number of rotatable bonds is 10. The average molecular weight is 593 g/mol. The number of hydrogen-bond donors (Lipinski definition) is 3. The summed E-state index contributed by atoms with van der Waals surface area (Å²) >= 11 is 12.0. The summed E-state index contributed by atoms with van der Waals surface area (Å²) in [5.41, 5.74) is 9.86. The van der Waals surface area contributed by atoms with Crippen molar-refractivity contribution in [3.63, 3.8) is 0 Å². The molecule has 0 radical (unpaired) electrons. The number of nitrogens with one attached hydrogen (secondary N) is 2. The maximum absolute atomic E-state index is 13.3. The number of aromatic nitrogens is 2. The number of nitrogens with two attached hydrogens (primary N) is 1. The van der Waals surface area contributed by atoms with Crippen molar-refractivity contribution in [3.8, 4) is 5.75 Å². The van der Waals surface area contributed by atoms with Gasteiger partial charge in [0.05, 0.1) is 30.2 Å². The van der Waals surface area contributed by atoms with Gasteiger partial charge in [0.1, 0.15) is 11.8 Å². The molecule has 41 heavy (non-hydrogen) atoms. The van der Waals surface area contributed by atoms with Crippen LogP contribution in [0.25, 0.3) is 0 Å². The second kappa shape index (κ2) is 12.8. The predicted molar refractivity (Wildman–Crippen MR) is 159 cm³/mol. The highest BCUT2D eigenvalue weighted by molar-refractivity contribution is 6.30. The van der Waals surface area contributed by atoms with E-state index in [2.05, 4.69) is 27.1 Å². The Labute approximate surface area is 248 Å². The normalized spacial score (nSPS) is 15.8. The van der Waals surface area contributed by atoms with E-state index in [-0.39, 0.29) is 18.5 Å². The molecule has 1 aliphatic rings. The monoisotopic (exact) mass is 591 g/mol. The molecule has 4 N–H and O–H groups in total. The van der Waals surface area contributed by atoms with Gasteiger partial charge in [-0.1, -0.05) is 59.6 Å². The lowest BCUT2D eigenvalue weighted by Crippen LogP contribution is -2.46. The maximum Gasteiger partial charge on any atom is 0.255 e. The Hall–Kier alpha value is -3.85. The second-order valence-corrected chi connectivity index (χ2v) is 10.9. The van der Waals surface area contributed by atoms with Gasteiger partial charge in [-0.05, 0) is 48.4 Å². The molecular formula is C31H31Cl2N5O3. The summed E-state index contributed by atoms with van der Waals surface area (Å²) in [5.74, 6) is -0.537. The summed E-state index contributed by atoms with van der Waals surface area (Å²) in [4.78, 5) is 29.9. The summed E-state index contributed by atoms with van der Waals surface area (Å²) in [5, 5.41) is 7.70. The van der Waals surface area contributed by atoms with E-state index in [1.807, 2.05) is 48.9 Å². The third-order valence-corrected chi connectivity index (χ3v) is 7.87. The van der Waals surface area contributed by atoms with Gasteiger partial charge in [-0.2, -0.15) is 0 Å². The van der Waals surface area contributed by atoms with Crippen LogP contribution in [0, 0.1) is 0 Å². The van der Waals surface area contributed by atoms with Gasteiger partial charge in [0.15, 0.2) is 0 Å². The van der Waals surface area contributed by atoms with E-state index in [1.54, 1.807) is 30.3 Å². The highest BCUT2D eigenvalue weighted by Gasteiger charge is 2.28. The van der Waals surface area contributed by atoms with E-state index in [4.69, 9.17) is 33.7 Å². The second-order valence-electron chi connectivity index (χ2n) is 10.1. The van der Waals surface area contributed by atoms with Crippen molar-refractivity contribution in [1.29, 1.82) is 0 Å². The zero-order chi connectivity index (χ0) is 28.9.